The molecule has 2 N–H and O–H groups in total. The van der Waals surface area contributed by atoms with E-state index in [1.54, 1.807) is 26.0 Å². The van der Waals surface area contributed by atoms with Crippen molar-refractivity contribution < 1.29 is 14.3 Å². The molecule has 5 heteroatoms. The Balaban J connectivity index is 1.81. The highest BCUT2D eigenvalue weighted by molar-refractivity contribution is 6.04. The van der Waals surface area contributed by atoms with Crippen LogP contribution in [-0.4, -0.2) is 29.9 Å². The molecule has 108 valence electrons. The van der Waals surface area contributed by atoms with Gasteiger partial charge in [-0.05, 0) is 18.6 Å². The lowest BCUT2D eigenvalue weighted by molar-refractivity contribution is -0.139. The largest absolute Gasteiger partial charge is 0.491 e. The third-order valence-electron chi connectivity index (χ3n) is 3.76. The number of rotatable bonds is 5. The number of para-hydroxylation sites is 2. The smallest absolute Gasteiger partial charge is 0.232 e. The van der Waals surface area contributed by atoms with Crippen LogP contribution in [0, 0.1) is 11.8 Å². The number of hydrogen-bond donors (Lipinski definition) is 1. The fourth-order valence-electron chi connectivity index (χ4n) is 2.27. The van der Waals surface area contributed by atoms with Gasteiger partial charge in [-0.15, -0.1) is 0 Å². The number of carbonyl (C=O) groups is 2. The topological polar surface area (TPSA) is 72.6 Å². The van der Waals surface area contributed by atoms with E-state index in [4.69, 9.17) is 10.5 Å². The summed E-state index contributed by atoms with van der Waals surface area (Å²) >= 11 is 0. The van der Waals surface area contributed by atoms with Crippen molar-refractivity contribution in [3.05, 3.63) is 24.3 Å². The summed E-state index contributed by atoms with van der Waals surface area (Å²) < 4.78 is 5.55. The van der Waals surface area contributed by atoms with Crippen molar-refractivity contribution in [2.24, 2.45) is 11.8 Å². The molecule has 2 atom stereocenters. The summed E-state index contributed by atoms with van der Waals surface area (Å²) in [4.78, 5) is 25.1. The minimum absolute atomic E-state index is 0.0817. The van der Waals surface area contributed by atoms with Gasteiger partial charge in [0, 0.05) is 18.4 Å². The second kappa shape index (κ2) is 5.94. The molecule has 1 aliphatic heterocycles. The first kappa shape index (κ1) is 14.4. The number of hydrogen-bond acceptors (Lipinski definition) is 4. The Bertz CT molecular complexity index is 496. The maximum Gasteiger partial charge on any atom is 0.232 e. The molecule has 2 rings (SSSR count). The number of likely N-dealkylation sites (tertiary alicyclic amines) is 1. The van der Waals surface area contributed by atoms with Crippen LogP contribution in [0.3, 0.4) is 0 Å². The van der Waals surface area contributed by atoms with Crippen molar-refractivity contribution in [3.63, 3.8) is 0 Å². The summed E-state index contributed by atoms with van der Waals surface area (Å²) in [5.74, 6) is 0.0399. The molecule has 1 saturated heterocycles. The van der Waals surface area contributed by atoms with Crippen LogP contribution in [0.1, 0.15) is 20.3 Å². The molecule has 20 heavy (non-hydrogen) atoms. The molecule has 0 bridgehead atoms. The summed E-state index contributed by atoms with van der Waals surface area (Å²) in [5, 5.41) is 0. The van der Waals surface area contributed by atoms with Crippen molar-refractivity contribution in [1.29, 1.82) is 0 Å². The molecule has 0 spiro atoms. The van der Waals surface area contributed by atoms with Crippen LogP contribution in [0.25, 0.3) is 0 Å². The molecule has 0 saturated carbocycles. The molecule has 0 radical (unpaired) electrons. The van der Waals surface area contributed by atoms with Gasteiger partial charge < -0.3 is 10.5 Å². The van der Waals surface area contributed by atoms with Crippen LogP contribution < -0.4 is 10.5 Å². The highest BCUT2D eigenvalue weighted by Crippen LogP contribution is 2.25. The zero-order valence-corrected chi connectivity index (χ0v) is 11.8. The monoisotopic (exact) mass is 276 g/mol. The minimum atomic E-state index is -0.215. The predicted molar refractivity (Wildman–Crippen MR) is 76.0 cm³/mol. The third kappa shape index (κ3) is 2.76. The maximum atomic E-state index is 11.9. The first-order valence-corrected chi connectivity index (χ1v) is 6.85. The maximum absolute atomic E-state index is 11.9. The number of amides is 2. The molecular weight excluding hydrogens is 256 g/mol. The third-order valence-corrected chi connectivity index (χ3v) is 3.76. The molecule has 2 amide bonds. The summed E-state index contributed by atoms with van der Waals surface area (Å²) in [5.41, 5.74) is 6.35. The first-order chi connectivity index (χ1) is 9.52. The molecule has 5 nitrogen and oxygen atoms in total. The Morgan fingerprint density at radius 2 is 1.75 bits per heavy atom. The zero-order chi connectivity index (χ0) is 14.7. The average molecular weight is 276 g/mol. The van der Waals surface area contributed by atoms with Crippen molar-refractivity contribution in [3.8, 4) is 5.75 Å². The molecule has 0 aliphatic carbocycles. The van der Waals surface area contributed by atoms with Crippen molar-refractivity contribution in [2.45, 2.75) is 20.3 Å². The van der Waals surface area contributed by atoms with E-state index in [-0.39, 0.29) is 23.7 Å². The molecule has 1 aromatic rings. The van der Waals surface area contributed by atoms with E-state index in [1.165, 1.54) is 4.90 Å². The van der Waals surface area contributed by atoms with Gasteiger partial charge in [-0.2, -0.15) is 0 Å². The Hall–Kier alpha value is -2.04. The normalized spacial score (nSPS) is 22.4. The summed E-state index contributed by atoms with van der Waals surface area (Å²) in [6.07, 6.45) is 0.602. The molecule has 0 aromatic heterocycles. The fraction of sp³-hybridized carbons (Fsp3) is 0.467. The van der Waals surface area contributed by atoms with Crippen LogP contribution in [0.2, 0.25) is 0 Å². The Morgan fingerprint density at radius 1 is 1.15 bits per heavy atom. The highest BCUT2D eigenvalue weighted by Gasteiger charge is 2.41. The van der Waals surface area contributed by atoms with Gasteiger partial charge in [0.15, 0.2) is 0 Å². The standard InChI is InChI=1S/C15H20N2O3/c1-10-11(2)15(19)17(14(10)18)8-5-9-20-13-7-4-3-6-12(13)16/h3-4,6-7,10-11H,5,8-9,16H2,1-2H3. The fourth-order valence-corrected chi connectivity index (χ4v) is 2.27. The van der Waals surface area contributed by atoms with Gasteiger partial charge in [-0.1, -0.05) is 26.0 Å². The van der Waals surface area contributed by atoms with Crippen LogP contribution >= 0.6 is 0 Å². The van der Waals surface area contributed by atoms with E-state index in [2.05, 4.69) is 0 Å². The first-order valence-electron chi connectivity index (χ1n) is 6.85. The van der Waals surface area contributed by atoms with Gasteiger partial charge >= 0.3 is 0 Å². The van der Waals surface area contributed by atoms with E-state index in [0.717, 1.165) is 0 Å². The Morgan fingerprint density at radius 3 is 2.35 bits per heavy atom. The molecule has 1 aromatic carbocycles. The Labute approximate surface area is 118 Å². The van der Waals surface area contributed by atoms with E-state index in [1.807, 2.05) is 12.1 Å². The summed E-state index contributed by atoms with van der Waals surface area (Å²) in [7, 11) is 0. The second-order valence-electron chi connectivity index (χ2n) is 5.15. The van der Waals surface area contributed by atoms with Gasteiger partial charge in [0.2, 0.25) is 11.8 Å². The second-order valence-corrected chi connectivity index (χ2v) is 5.15. The van der Waals surface area contributed by atoms with Gasteiger partial charge in [-0.3, -0.25) is 14.5 Å². The van der Waals surface area contributed by atoms with Crippen LogP contribution in [0.15, 0.2) is 24.3 Å². The van der Waals surface area contributed by atoms with Gasteiger partial charge in [0.05, 0.1) is 12.3 Å². The van der Waals surface area contributed by atoms with E-state index >= 15 is 0 Å². The zero-order valence-electron chi connectivity index (χ0n) is 11.8. The quantitative estimate of drug-likeness (QED) is 0.504. The van der Waals surface area contributed by atoms with E-state index < -0.39 is 0 Å². The van der Waals surface area contributed by atoms with Crippen molar-refractivity contribution >= 4 is 17.5 Å². The van der Waals surface area contributed by atoms with Crippen LogP contribution in [0.5, 0.6) is 5.75 Å². The number of carbonyl (C=O) groups excluding carboxylic acids is 2. The summed E-state index contributed by atoms with van der Waals surface area (Å²) in [6, 6.07) is 7.26. The molecule has 1 fully saturated rings. The number of nitrogens with zero attached hydrogens (tertiary/aromatic N) is 1. The van der Waals surface area contributed by atoms with Crippen molar-refractivity contribution in [1.82, 2.24) is 4.90 Å². The SMILES string of the molecule is CC1C(=O)N(CCCOc2ccccc2N)C(=O)C1C. The van der Waals surface area contributed by atoms with Gasteiger partial charge in [0.1, 0.15) is 5.75 Å². The van der Waals surface area contributed by atoms with E-state index in [0.29, 0.717) is 31.0 Å². The number of nitrogen functional groups attached to an aromatic ring is 1. The van der Waals surface area contributed by atoms with Gasteiger partial charge in [-0.25, -0.2) is 0 Å². The lowest BCUT2D eigenvalue weighted by atomic mass is 10.00. The predicted octanol–water partition coefficient (Wildman–Crippen LogP) is 1.68. The molecule has 1 heterocycles. The number of anilines is 1. The van der Waals surface area contributed by atoms with Crippen LogP contribution in [0.4, 0.5) is 5.69 Å². The molecule has 2 unspecified atom stereocenters. The number of imide groups is 1. The molecule has 1 aliphatic rings. The van der Waals surface area contributed by atoms with E-state index in [9.17, 15) is 9.59 Å². The average Bonchev–Trinajstić information content (AvgIpc) is 2.62. The molecular formula is C15H20N2O3. The lowest BCUT2D eigenvalue weighted by Crippen LogP contribution is -2.32. The lowest BCUT2D eigenvalue weighted by Gasteiger charge is -2.15. The number of nitrogens with two attached hydrogens (primary N) is 1. The Kier molecular flexibility index (Phi) is 4.27. The summed E-state index contributed by atoms with van der Waals surface area (Å²) in [6.45, 7) is 4.42. The minimum Gasteiger partial charge on any atom is -0.491 e. The highest BCUT2D eigenvalue weighted by atomic mass is 16.5. The number of ether oxygens (including phenoxy) is 1. The van der Waals surface area contributed by atoms with Crippen LogP contribution in [-0.2, 0) is 9.59 Å². The van der Waals surface area contributed by atoms with Gasteiger partial charge in [0.25, 0.3) is 0 Å². The van der Waals surface area contributed by atoms with Crippen molar-refractivity contribution in [2.75, 3.05) is 18.9 Å². The number of benzene rings is 1.